The Bertz CT molecular complexity index is 884. The van der Waals surface area contributed by atoms with Gasteiger partial charge in [-0.2, -0.15) is 0 Å². The number of thiophene rings is 1. The minimum Gasteiger partial charge on any atom is -0.297 e. The second-order valence-corrected chi connectivity index (χ2v) is 7.89. The average molecular weight is 399 g/mol. The van der Waals surface area contributed by atoms with Gasteiger partial charge in [0.1, 0.15) is 5.82 Å². The summed E-state index contributed by atoms with van der Waals surface area (Å²) < 4.78 is 15.4. The summed E-state index contributed by atoms with van der Waals surface area (Å²) in [5, 5.41) is 14.6. The number of hydrogen-bond acceptors (Lipinski definition) is 6. The average Bonchev–Trinajstić information content (AvgIpc) is 3.38. The number of piperazine rings is 1. The van der Waals surface area contributed by atoms with E-state index in [1.54, 1.807) is 11.3 Å². The number of halogens is 1. The van der Waals surface area contributed by atoms with Crippen molar-refractivity contribution in [2.75, 3.05) is 32.7 Å². The number of benzene rings is 1. The Labute approximate surface area is 167 Å². The summed E-state index contributed by atoms with van der Waals surface area (Å²) >= 11 is 1.69. The third kappa shape index (κ3) is 4.19. The first-order valence-electron chi connectivity index (χ1n) is 9.36. The van der Waals surface area contributed by atoms with Gasteiger partial charge in [0, 0.05) is 37.6 Å². The van der Waals surface area contributed by atoms with E-state index in [4.69, 9.17) is 0 Å². The maximum atomic E-state index is 13.5. The molecule has 0 N–H and O–H groups in total. The third-order valence-electron chi connectivity index (χ3n) is 5.03. The molecule has 8 heteroatoms. The summed E-state index contributed by atoms with van der Waals surface area (Å²) in [7, 11) is 0. The van der Waals surface area contributed by atoms with Crippen LogP contribution in [0.3, 0.4) is 0 Å². The van der Waals surface area contributed by atoms with E-state index >= 15 is 0 Å². The van der Waals surface area contributed by atoms with E-state index in [-0.39, 0.29) is 11.9 Å². The molecule has 1 unspecified atom stereocenters. The van der Waals surface area contributed by atoms with Crippen LogP contribution in [-0.2, 0) is 6.54 Å². The van der Waals surface area contributed by atoms with Crippen LogP contribution in [0.15, 0.2) is 54.4 Å². The Balaban J connectivity index is 1.64. The molecule has 3 heterocycles. The van der Waals surface area contributed by atoms with Gasteiger partial charge in [0.15, 0.2) is 5.82 Å². The van der Waals surface area contributed by atoms with Gasteiger partial charge >= 0.3 is 0 Å². The zero-order valence-electron chi connectivity index (χ0n) is 15.6. The van der Waals surface area contributed by atoms with Gasteiger partial charge in [-0.05, 0) is 39.6 Å². The van der Waals surface area contributed by atoms with E-state index < -0.39 is 0 Å². The molecule has 1 fully saturated rings. The lowest BCUT2D eigenvalue weighted by atomic mass is 10.0. The first-order valence-corrected chi connectivity index (χ1v) is 10.2. The number of tetrazole rings is 1. The molecule has 4 rings (SSSR count). The van der Waals surface area contributed by atoms with E-state index in [0.29, 0.717) is 6.54 Å². The summed E-state index contributed by atoms with van der Waals surface area (Å²) in [4.78, 5) is 5.95. The van der Waals surface area contributed by atoms with Crippen LogP contribution in [0.5, 0.6) is 0 Å². The third-order valence-corrected chi connectivity index (χ3v) is 5.90. The molecular formula is C20H23FN6S. The van der Waals surface area contributed by atoms with Crippen LogP contribution in [0.1, 0.15) is 22.3 Å². The molecule has 1 aromatic carbocycles. The summed E-state index contributed by atoms with van der Waals surface area (Å²) in [6.45, 7) is 9.05. The molecule has 3 aromatic rings. The van der Waals surface area contributed by atoms with Crippen molar-refractivity contribution in [1.29, 1.82) is 0 Å². The molecule has 0 radical (unpaired) electrons. The molecule has 2 aromatic heterocycles. The Morgan fingerprint density at radius 2 is 1.93 bits per heavy atom. The summed E-state index contributed by atoms with van der Waals surface area (Å²) in [6.07, 6.45) is 1.94. The molecule has 0 amide bonds. The number of rotatable bonds is 7. The highest BCUT2D eigenvalue weighted by Gasteiger charge is 2.30. The maximum absolute atomic E-state index is 13.5. The van der Waals surface area contributed by atoms with Crippen LogP contribution in [-0.4, -0.2) is 62.7 Å². The van der Waals surface area contributed by atoms with Gasteiger partial charge in [-0.25, -0.2) is 9.07 Å². The van der Waals surface area contributed by atoms with Crippen molar-refractivity contribution < 1.29 is 4.39 Å². The smallest absolute Gasteiger partial charge is 0.173 e. The molecule has 1 atom stereocenters. The van der Waals surface area contributed by atoms with Crippen molar-refractivity contribution in [2.24, 2.45) is 0 Å². The fraction of sp³-hybridized carbons (Fsp3) is 0.350. The van der Waals surface area contributed by atoms with Crippen molar-refractivity contribution in [3.8, 4) is 0 Å². The fourth-order valence-corrected chi connectivity index (χ4v) is 4.31. The van der Waals surface area contributed by atoms with Crippen LogP contribution in [0, 0.1) is 5.82 Å². The van der Waals surface area contributed by atoms with Gasteiger partial charge in [-0.15, -0.1) is 23.0 Å². The zero-order chi connectivity index (χ0) is 19.3. The molecule has 6 nitrogen and oxygen atoms in total. The minimum absolute atomic E-state index is 0.110. The summed E-state index contributed by atoms with van der Waals surface area (Å²) in [6, 6.07) is 10.7. The summed E-state index contributed by atoms with van der Waals surface area (Å²) in [5.41, 5.74) is 1.00. The lowest BCUT2D eigenvalue weighted by molar-refractivity contribution is 0.112. The van der Waals surface area contributed by atoms with E-state index in [9.17, 15) is 4.39 Å². The predicted octanol–water partition coefficient (Wildman–Crippen LogP) is 2.82. The highest BCUT2D eigenvalue weighted by Crippen LogP contribution is 2.29. The fourth-order valence-electron chi connectivity index (χ4n) is 3.63. The SMILES string of the molecule is C=CCN1CCN(C(c2ccc(F)cc2)c2nnnn2Cc2cccs2)CC1. The highest BCUT2D eigenvalue weighted by atomic mass is 32.1. The van der Waals surface area contributed by atoms with E-state index in [2.05, 4.69) is 43.4 Å². The molecule has 0 aliphatic carbocycles. The topological polar surface area (TPSA) is 50.1 Å². The molecule has 28 heavy (non-hydrogen) atoms. The van der Waals surface area contributed by atoms with E-state index in [1.165, 1.54) is 17.0 Å². The number of aromatic nitrogens is 4. The van der Waals surface area contributed by atoms with Gasteiger partial charge in [-0.3, -0.25) is 9.80 Å². The molecule has 0 bridgehead atoms. The molecule has 1 aliphatic rings. The standard InChI is InChI=1S/C20H23FN6S/c1-2-9-25-10-12-26(13-11-25)19(16-5-7-17(21)8-6-16)20-22-23-24-27(20)15-18-4-3-14-28-18/h2-8,14,19H,1,9-13,15H2. The maximum Gasteiger partial charge on any atom is 0.173 e. The van der Waals surface area contributed by atoms with Gasteiger partial charge < -0.3 is 0 Å². The molecule has 1 aliphatic heterocycles. The van der Waals surface area contributed by atoms with Gasteiger partial charge in [-0.1, -0.05) is 24.3 Å². The summed E-state index contributed by atoms with van der Waals surface area (Å²) in [5.74, 6) is 0.550. The largest absolute Gasteiger partial charge is 0.297 e. The van der Waals surface area contributed by atoms with Gasteiger partial charge in [0.2, 0.25) is 0 Å². The van der Waals surface area contributed by atoms with Gasteiger partial charge in [0.25, 0.3) is 0 Å². The highest BCUT2D eigenvalue weighted by molar-refractivity contribution is 7.09. The monoisotopic (exact) mass is 398 g/mol. The first kappa shape index (κ1) is 18.9. The molecule has 1 saturated heterocycles. The quantitative estimate of drug-likeness (QED) is 0.573. The second kappa shape index (κ2) is 8.72. The Morgan fingerprint density at radius 3 is 2.61 bits per heavy atom. The Kier molecular flexibility index (Phi) is 5.90. The van der Waals surface area contributed by atoms with Crippen LogP contribution in [0.25, 0.3) is 0 Å². The van der Waals surface area contributed by atoms with Crippen molar-refractivity contribution >= 4 is 11.3 Å². The molecule has 146 valence electrons. The molecule has 0 saturated carbocycles. The zero-order valence-corrected chi connectivity index (χ0v) is 16.4. The van der Waals surface area contributed by atoms with Crippen LogP contribution >= 0.6 is 11.3 Å². The number of nitrogens with zero attached hydrogens (tertiary/aromatic N) is 6. The van der Waals surface area contributed by atoms with Crippen molar-refractivity contribution in [2.45, 2.75) is 12.6 Å². The van der Waals surface area contributed by atoms with Crippen LogP contribution in [0.2, 0.25) is 0 Å². The van der Waals surface area contributed by atoms with Gasteiger partial charge in [0.05, 0.1) is 12.6 Å². The number of hydrogen-bond donors (Lipinski definition) is 0. The minimum atomic E-state index is -0.239. The molecular weight excluding hydrogens is 375 g/mol. The van der Waals surface area contributed by atoms with E-state index in [0.717, 1.165) is 44.1 Å². The van der Waals surface area contributed by atoms with Crippen molar-refractivity contribution in [1.82, 2.24) is 30.0 Å². The lowest BCUT2D eigenvalue weighted by Gasteiger charge is -2.38. The Morgan fingerprint density at radius 1 is 1.14 bits per heavy atom. The predicted molar refractivity (Wildman–Crippen MR) is 108 cm³/mol. The van der Waals surface area contributed by atoms with Crippen LogP contribution in [0.4, 0.5) is 4.39 Å². The van der Waals surface area contributed by atoms with Crippen molar-refractivity contribution in [3.63, 3.8) is 0 Å². The first-order chi connectivity index (χ1) is 13.7. The second-order valence-electron chi connectivity index (χ2n) is 6.85. The molecule has 0 spiro atoms. The van der Waals surface area contributed by atoms with Crippen LogP contribution < -0.4 is 0 Å². The normalized spacial score (nSPS) is 16.9. The van der Waals surface area contributed by atoms with E-state index in [1.807, 2.05) is 29.0 Å². The van der Waals surface area contributed by atoms with Crippen molar-refractivity contribution in [3.05, 3.63) is 76.5 Å². The lowest BCUT2D eigenvalue weighted by Crippen LogP contribution is -2.48. The Hall–Kier alpha value is -2.42.